The number of hydrogen-bond acceptors (Lipinski definition) is 4. The van der Waals surface area contributed by atoms with Crippen LogP contribution >= 0.6 is 0 Å². The van der Waals surface area contributed by atoms with Crippen LogP contribution in [0.5, 0.6) is 0 Å². The number of carbonyl (C=O) groups excluding carboxylic acids is 1. The lowest BCUT2D eigenvalue weighted by molar-refractivity contribution is -0.122. The quantitative estimate of drug-likeness (QED) is 0.772. The van der Waals surface area contributed by atoms with Crippen LogP contribution in [0.25, 0.3) is 0 Å². The van der Waals surface area contributed by atoms with Gasteiger partial charge >= 0.3 is 0 Å². The second-order valence-electron chi connectivity index (χ2n) is 5.67. The summed E-state index contributed by atoms with van der Waals surface area (Å²) in [6.07, 6.45) is 4.13. The lowest BCUT2D eigenvalue weighted by Gasteiger charge is -2.46. The van der Waals surface area contributed by atoms with Crippen molar-refractivity contribution in [3.63, 3.8) is 0 Å². The van der Waals surface area contributed by atoms with Gasteiger partial charge in [-0.3, -0.25) is 10.2 Å². The molecule has 0 unspecified atom stereocenters. The Morgan fingerprint density at radius 1 is 1.55 bits per heavy atom. The first-order valence-corrected chi connectivity index (χ1v) is 7.33. The number of nitrogens with one attached hydrogen (secondary N) is 2. The lowest BCUT2D eigenvalue weighted by Crippen LogP contribution is -2.60. The third-order valence-electron chi connectivity index (χ3n) is 4.08. The highest BCUT2D eigenvalue weighted by molar-refractivity contribution is 5.97. The molecule has 0 bridgehead atoms. The van der Waals surface area contributed by atoms with E-state index in [1.807, 2.05) is 17.9 Å². The summed E-state index contributed by atoms with van der Waals surface area (Å²) >= 11 is 0. The van der Waals surface area contributed by atoms with Crippen molar-refractivity contribution in [2.75, 3.05) is 32.8 Å². The van der Waals surface area contributed by atoms with Crippen molar-refractivity contribution in [1.29, 1.82) is 5.41 Å². The average Bonchev–Trinajstić information content (AvgIpc) is 3.23. The van der Waals surface area contributed by atoms with Crippen LogP contribution < -0.4 is 5.32 Å². The Hall–Kier alpha value is -1.56. The van der Waals surface area contributed by atoms with E-state index in [4.69, 9.17) is 10.1 Å². The SMILES string of the molecule is C/C=C1\C(=N)N2CCOC[C@H]2CN1CC(=O)NC1CC1. The molecule has 1 aliphatic carbocycles. The second-order valence-corrected chi connectivity index (χ2v) is 5.67. The molecular weight excluding hydrogens is 256 g/mol. The Morgan fingerprint density at radius 3 is 3.05 bits per heavy atom. The summed E-state index contributed by atoms with van der Waals surface area (Å²) in [4.78, 5) is 16.1. The number of hydrogen-bond donors (Lipinski definition) is 2. The van der Waals surface area contributed by atoms with Gasteiger partial charge < -0.3 is 19.9 Å². The van der Waals surface area contributed by atoms with E-state index in [2.05, 4.69) is 10.2 Å². The van der Waals surface area contributed by atoms with Gasteiger partial charge in [0.2, 0.25) is 5.91 Å². The Morgan fingerprint density at radius 2 is 2.35 bits per heavy atom. The molecule has 1 saturated carbocycles. The average molecular weight is 278 g/mol. The van der Waals surface area contributed by atoms with Crippen LogP contribution in [0.2, 0.25) is 0 Å². The maximum Gasteiger partial charge on any atom is 0.239 e. The molecule has 110 valence electrons. The van der Waals surface area contributed by atoms with Crippen molar-refractivity contribution in [2.24, 2.45) is 0 Å². The van der Waals surface area contributed by atoms with Crippen molar-refractivity contribution >= 4 is 11.7 Å². The van der Waals surface area contributed by atoms with Crippen LogP contribution in [0.3, 0.4) is 0 Å². The number of morpholine rings is 1. The largest absolute Gasteiger partial charge is 0.377 e. The third-order valence-corrected chi connectivity index (χ3v) is 4.08. The molecule has 2 saturated heterocycles. The van der Waals surface area contributed by atoms with E-state index in [0.29, 0.717) is 31.6 Å². The number of nitrogens with zero attached hydrogens (tertiary/aromatic N) is 2. The molecule has 0 aromatic carbocycles. The van der Waals surface area contributed by atoms with Crippen LogP contribution in [-0.2, 0) is 9.53 Å². The molecule has 0 aromatic rings. The Labute approximate surface area is 119 Å². The van der Waals surface area contributed by atoms with Gasteiger partial charge in [0, 0.05) is 19.1 Å². The zero-order chi connectivity index (χ0) is 14.1. The van der Waals surface area contributed by atoms with Crippen molar-refractivity contribution in [2.45, 2.75) is 31.8 Å². The fraction of sp³-hybridized carbons (Fsp3) is 0.714. The lowest BCUT2D eigenvalue weighted by atomic mass is 10.1. The molecule has 1 amide bonds. The minimum atomic E-state index is 0.0600. The maximum atomic E-state index is 12.0. The number of carbonyl (C=O) groups is 1. The van der Waals surface area contributed by atoms with Crippen LogP contribution in [-0.4, -0.2) is 66.5 Å². The van der Waals surface area contributed by atoms with Crippen LogP contribution in [0.15, 0.2) is 11.8 Å². The summed E-state index contributed by atoms with van der Waals surface area (Å²) in [6, 6.07) is 0.573. The van der Waals surface area contributed by atoms with Crippen LogP contribution in [0.1, 0.15) is 19.8 Å². The van der Waals surface area contributed by atoms with Gasteiger partial charge in [-0.2, -0.15) is 0 Å². The summed E-state index contributed by atoms with van der Waals surface area (Å²) in [5.74, 6) is 0.580. The van der Waals surface area contributed by atoms with Gasteiger partial charge in [0.15, 0.2) is 0 Å². The fourth-order valence-corrected chi connectivity index (χ4v) is 2.89. The fourth-order valence-electron chi connectivity index (χ4n) is 2.89. The van der Waals surface area contributed by atoms with Gasteiger partial charge in [0.1, 0.15) is 5.84 Å². The highest BCUT2D eigenvalue weighted by Crippen LogP contribution is 2.23. The van der Waals surface area contributed by atoms with Gasteiger partial charge in [0.05, 0.1) is 31.5 Å². The minimum Gasteiger partial charge on any atom is -0.377 e. The van der Waals surface area contributed by atoms with E-state index < -0.39 is 0 Å². The standard InChI is InChI=1S/C14H22N4O2/c1-2-12-14(15)18-5-6-20-9-11(18)7-17(12)8-13(19)16-10-3-4-10/h2,10-11,15H,3-9H2,1H3,(H,16,19)/b12-2+,15-14?/t11-/m1/s1. The molecule has 2 aliphatic heterocycles. The zero-order valence-electron chi connectivity index (χ0n) is 11.9. The number of fused-ring (bicyclic) bond motifs is 1. The molecule has 6 nitrogen and oxygen atoms in total. The highest BCUT2D eigenvalue weighted by Gasteiger charge is 2.36. The van der Waals surface area contributed by atoms with E-state index >= 15 is 0 Å². The van der Waals surface area contributed by atoms with Crippen LogP contribution in [0, 0.1) is 5.41 Å². The number of amidine groups is 1. The van der Waals surface area contributed by atoms with E-state index in [9.17, 15) is 4.79 Å². The third kappa shape index (κ3) is 2.65. The first-order valence-electron chi connectivity index (χ1n) is 7.33. The molecule has 2 heterocycles. The normalized spacial score (nSPS) is 28.6. The molecule has 6 heteroatoms. The molecule has 3 aliphatic rings. The topological polar surface area (TPSA) is 68.7 Å². The second kappa shape index (κ2) is 5.44. The molecule has 3 rings (SSSR count). The Kier molecular flexibility index (Phi) is 3.65. The molecule has 2 N–H and O–H groups in total. The van der Waals surface area contributed by atoms with Gasteiger partial charge in [0.25, 0.3) is 0 Å². The number of amides is 1. The smallest absolute Gasteiger partial charge is 0.239 e. The zero-order valence-corrected chi connectivity index (χ0v) is 11.9. The number of allylic oxidation sites excluding steroid dienone is 1. The predicted octanol–water partition coefficient (Wildman–Crippen LogP) is 0.162. The number of ether oxygens (including phenoxy) is 1. The summed E-state index contributed by atoms with van der Waals surface area (Å²) < 4.78 is 5.50. The van der Waals surface area contributed by atoms with E-state index in [-0.39, 0.29) is 11.9 Å². The maximum absolute atomic E-state index is 12.0. The van der Waals surface area contributed by atoms with Gasteiger partial charge in [-0.25, -0.2) is 0 Å². The van der Waals surface area contributed by atoms with Crippen LogP contribution in [0.4, 0.5) is 0 Å². The predicted molar refractivity (Wildman–Crippen MR) is 75.5 cm³/mol. The first-order chi connectivity index (χ1) is 9.69. The van der Waals surface area contributed by atoms with Crippen molar-refractivity contribution in [3.05, 3.63) is 11.8 Å². The van der Waals surface area contributed by atoms with Crippen molar-refractivity contribution < 1.29 is 9.53 Å². The van der Waals surface area contributed by atoms with E-state index in [0.717, 1.165) is 31.6 Å². The molecule has 0 spiro atoms. The Balaban J connectivity index is 1.68. The van der Waals surface area contributed by atoms with E-state index in [1.165, 1.54) is 0 Å². The Bertz CT molecular complexity index is 444. The van der Waals surface area contributed by atoms with Gasteiger partial charge in [-0.15, -0.1) is 0 Å². The van der Waals surface area contributed by atoms with E-state index in [1.54, 1.807) is 0 Å². The minimum absolute atomic E-state index is 0.0600. The monoisotopic (exact) mass is 278 g/mol. The van der Waals surface area contributed by atoms with Gasteiger partial charge in [-0.05, 0) is 19.8 Å². The number of piperazine rings is 1. The van der Waals surface area contributed by atoms with Gasteiger partial charge in [-0.1, -0.05) is 6.08 Å². The summed E-state index contributed by atoms with van der Waals surface area (Å²) in [7, 11) is 0. The molecular formula is C14H22N4O2. The molecule has 0 radical (unpaired) electrons. The summed E-state index contributed by atoms with van der Waals surface area (Å²) in [5, 5.41) is 11.3. The molecule has 0 aromatic heterocycles. The first kappa shape index (κ1) is 13.4. The van der Waals surface area contributed by atoms with Crippen molar-refractivity contribution in [1.82, 2.24) is 15.1 Å². The number of rotatable bonds is 3. The molecule has 20 heavy (non-hydrogen) atoms. The molecule has 1 atom stereocenters. The summed E-state index contributed by atoms with van der Waals surface area (Å²) in [6.45, 7) is 5.10. The molecule has 3 fully saturated rings. The summed E-state index contributed by atoms with van der Waals surface area (Å²) in [5.41, 5.74) is 0.856. The van der Waals surface area contributed by atoms with Crippen molar-refractivity contribution in [3.8, 4) is 0 Å². The highest BCUT2D eigenvalue weighted by atomic mass is 16.5.